The van der Waals surface area contributed by atoms with Crippen molar-refractivity contribution in [3.8, 4) is 5.95 Å². The Labute approximate surface area is 136 Å². The van der Waals surface area contributed by atoms with Gasteiger partial charge in [0.05, 0.1) is 12.0 Å². The first kappa shape index (κ1) is 14.4. The third kappa shape index (κ3) is 2.73. The van der Waals surface area contributed by atoms with Gasteiger partial charge >= 0.3 is 0 Å². The molecule has 0 aromatic carbocycles. The second kappa shape index (κ2) is 5.48. The van der Waals surface area contributed by atoms with E-state index in [0.717, 1.165) is 18.5 Å². The van der Waals surface area contributed by atoms with Crippen LogP contribution in [0, 0.1) is 6.92 Å². The van der Waals surface area contributed by atoms with Gasteiger partial charge in [0.25, 0.3) is 11.5 Å². The first-order valence-electron chi connectivity index (χ1n) is 7.63. The van der Waals surface area contributed by atoms with Crippen molar-refractivity contribution >= 4 is 11.7 Å². The van der Waals surface area contributed by atoms with Gasteiger partial charge in [0.1, 0.15) is 5.82 Å². The molecule has 24 heavy (non-hydrogen) atoms. The number of aromatic amines is 1. The quantitative estimate of drug-likeness (QED) is 0.763. The maximum absolute atomic E-state index is 12.2. The van der Waals surface area contributed by atoms with Gasteiger partial charge in [-0.1, -0.05) is 0 Å². The topological polar surface area (TPSA) is 106 Å². The van der Waals surface area contributed by atoms with E-state index in [-0.39, 0.29) is 17.3 Å². The zero-order chi connectivity index (χ0) is 16.7. The molecule has 3 heterocycles. The van der Waals surface area contributed by atoms with E-state index in [9.17, 15) is 9.59 Å². The number of carbonyl (C=O) groups excluding carboxylic acids is 1. The highest BCUT2D eigenvalue weighted by Gasteiger charge is 2.28. The van der Waals surface area contributed by atoms with Gasteiger partial charge in [-0.2, -0.15) is 9.78 Å². The molecule has 0 saturated heterocycles. The Bertz CT molecular complexity index is 951. The summed E-state index contributed by atoms with van der Waals surface area (Å²) in [7, 11) is 0. The fraction of sp³-hybridized carbons (Fsp3) is 0.250. The van der Waals surface area contributed by atoms with Crippen LogP contribution in [0.3, 0.4) is 0 Å². The largest absolute Gasteiger partial charge is 0.459 e. The number of amides is 1. The molecule has 8 nitrogen and oxygen atoms in total. The maximum atomic E-state index is 12.2. The molecule has 0 atom stereocenters. The summed E-state index contributed by atoms with van der Waals surface area (Å²) in [4.78, 5) is 30.9. The smallest absolute Gasteiger partial charge is 0.292 e. The van der Waals surface area contributed by atoms with E-state index < -0.39 is 5.91 Å². The van der Waals surface area contributed by atoms with Crippen molar-refractivity contribution in [3.63, 3.8) is 0 Å². The molecule has 0 bridgehead atoms. The SMILES string of the molecule is Cc1cc(=O)[nH]c(-n2nc(C3CC3)cc2NC(=O)c2ccco2)n1. The number of anilines is 1. The molecule has 1 aliphatic carbocycles. The van der Waals surface area contributed by atoms with Crippen molar-refractivity contribution < 1.29 is 9.21 Å². The number of nitrogens with zero attached hydrogens (tertiary/aromatic N) is 3. The molecule has 1 saturated carbocycles. The number of rotatable bonds is 4. The van der Waals surface area contributed by atoms with Crippen LogP contribution in [-0.4, -0.2) is 25.7 Å². The molecule has 3 aromatic rings. The summed E-state index contributed by atoms with van der Waals surface area (Å²) in [6.45, 7) is 1.73. The second-order valence-corrected chi connectivity index (χ2v) is 5.78. The number of aromatic nitrogens is 4. The summed E-state index contributed by atoms with van der Waals surface area (Å²) >= 11 is 0. The zero-order valence-electron chi connectivity index (χ0n) is 12.9. The van der Waals surface area contributed by atoms with Crippen LogP contribution in [0.2, 0.25) is 0 Å². The Kier molecular flexibility index (Phi) is 3.30. The van der Waals surface area contributed by atoms with Gasteiger partial charge in [0.2, 0.25) is 5.95 Å². The Morgan fingerprint density at radius 1 is 1.42 bits per heavy atom. The molecule has 3 aromatic heterocycles. The van der Waals surface area contributed by atoms with Crippen LogP contribution in [0.1, 0.15) is 40.7 Å². The standard InChI is InChI=1S/C16H15N5O3/c1-9-7-14(22)19-16(17-9)21-13(8-11(20-21)10-4-5-10)18-15(23)12-3-2-6-24-12/h2-3,6-8,10H,4-5H2,1H3,(H,18,23)(H,17,19,22). The molecule has 0 aliphatic heterocycles. The minimum Gasteiger partial charge on any atom is -0.459 e. The third-order valence-corrected chi connectivity index (χ3v) is 3.77. The van der Waals surface area contributed by atoms with Gasteiger partial charge in [-0.15, -0.1) is 0 Å². The van der Waals surface area contributed by atoms with Crippen LogP contribution in [-0.2, 0) is 0 Å². The van der Waals surface area contributed by atoms with Gasteiger partial charge in [-0.25, -0.2) is 4.98 Å². The van der Waals surface area contributed by atoms with Gasteiger partial charge in [0, 0.05) is 23.7 Å². The predicted octanol–water partition coefficient (Wildman–Crippen LogP) is 1.99. The zero-order valence-corrected chi connectivity index (χ0v) is 12.9. The molecule has 1 amide bonds. The number of aryl methyl sites for hydroxylation is 1. The molecular weight excluding hydrogens is 310 g/mol. The van der Waals surface area contributed by atoms with Crippen LogP contribution in [0.5, 0.6) is 0 Å². The Balaban J connectivity index is 1.75. The molecule has 1 aliphatic rings. The molecule has 4 rings (SSSR count). The van der Waals surface area contributed by atoms with E-state index in [1.54, 1.807) is 25.1 Å². The first-order chi connectivity index (χ1) is 11.6. The highest BCUT2D eigenvalue weighted by Crippen LogP contribution is 2.40. The number of hydrogen-bond acceptors (Lipinski definition) is 5. The number of nitrogens with one attached hydrogen (secondary N) is 2. The van der Waals surface area contributed by atoms with Crippen LogP contribution < -0.4 is 10.9 Å². The lowest BCUT2D eigenvalue weighted by Gasteiger charge is -2.07. The van der Waals surface area contributed by atoms with Crippen molar-refractivity contribution in [2.75, 3.05) is 5.32 Å². The third-order valence-electron chi connectivity index (χ3n) is 3.77. The van der Waals surface area contributed by atoms with Crippen molar-refractivity contribution in [3.05, 3.63) is 58.0 Å². The first-order valence-corrected chi connectivity index (χ1v) is 7.63. The van der Waals surface area contributed by atoms with Crippen molar-refractivity contribution in [1.29, 1.82) is 0 Å². The molecule has 0 unspecified atom stereocenters. The van der Waals surface area contributed by atoms with Crippen LogP contribution >= 0.6 is 0 Å². The van der Waals surface area contributed by atoms with Gasteiger partial charge in [0.15, 0.2) is 5.76 Å². The summed E-state index contributed by atoms with van der Waals surface area (Å²) in [5.41, 5.74) is 1.17. The minimum absolute atomic E-state index is 0.196. The highest BCUT2D eigenvalue weighted by molar-refractivity contribution is 6.01. The summed E-state index contributed by atoms with van der Waals surface area (Å²) in [5.74, 6) is 0.899. The number of H-pyrrole nitrogens is 1. The van der Waals surface area contributed by atoms with Crippen molar-refractivity contribution in [2.24, 2.45) is 0 Å². The van der Waals surface area contributed by atoms with Crippen LogP contribution in [0.25, 0.3) is 5.95 Å². The second-order valence-electron chi connectivity index (χ2n) is 5.78. The van der Waals surface area contributed by atoms with E-state index in [1.807, 2.05) is 0 Å². The monoisotopic (exact) mass is 325 g/mol. The number of furan rings is 1. The lowest BCUT2D eigenvalue weighted by molar-refractivity contribution is 0.0996. The maximum Gasteiger partial charge on any atom is 0.292 e. The molecule has 0 radical (unpaired) electrons. The van der Waals surface area contributed by atoms with Crippen LogP contribution in [0.4, 0.5) is 5.82 Å². The summed E-state index contributed by atoms with van der Waals surface area (Å²) in [6.07, 6.45) is 3.57. The summed E-state index contributed by atoms with van der Waals surface area (Å²) < 4.78 is 6.55. The molecule has 122 valence electrons. The van der Waals surface area contributed by atoms with E-state index in [1.165, 1.54) is 17.0 Å². The normalized spacial score (nSPS) is 13.9. The summed E-state index contributed by atoms with van der Waals surface area (Å²) in [6, 6.07) is 6.42. The minimum atomic E-state index is -0.390. The Morgan fingerprint density at radius 3 is 2.92 bits per heavy atom. The van der Waals surface area contributed by atoms with E-state index in [2.05, 4.69) is 20.4 Å². The highest BCUT2D eigenvalue weighted by atomic mass is 16.3. The average Bonchev–Trinajstić information content (AvgIpc) is 3.08. The van der Waals surface area contributed by atoms with Gasteiger partial charge in [-0.3, -0.25) is 14.6 Å². The van der Waals surface area contributed by atoms with Crippen molar-refractivity contribution in [1.82, 2.24) is 19.7 Å². The number of hydrogen-bond donors (Lipinski definition) is 2. The van der Waals surface area contributed by atoms with Gasteiger partial charge < -0.3 is 9.73 Å². The Hall–Kier alpha value is -3.16. The fourth-order valence-corrected chi connectivity index (χ4v) is 2.48. The molecule has 8 heteroatoms. The number of carbonyl (C=O) groups is 1. The predicted molar refractivity (Wildman–Crippen MR) is 85.4 cm³/mol. The molecule has 2 N–H and O–H groups in total. The lowest BCUT2D eigenvalue weighted by atomic mass is 10.3. The summed E-state index contributed by atoms with van der Waals surface area (Å²) in [5, 5.41) is 7.26. The van der Waals surface area contributed by atoms with Gasteiger partial charge in [-0.05, 0) is 31.9 Å². The lowest BCUT2D eigenvalue weighted by Crippen LogP contribution is -2.18. The molecule has 0 spiro atoms. The van der Waals surface area contributed by atoms with Crippen molar-refractivity contribution in [2.45, 2.75) is 25.7 Å². The van der Waals surface area contributed by atoms with E-state index >= 15 is 0 Å². The fourth-order valence-electron chi connectivity index (χ4n) is 2.48. The van der Waals surface area contributed by atoms with E-state index in [0.29, 0.717) is 17.4 Å². The van der Waals surface area contributed by atoms with Crippen LogP contribution in [0.15, 0.2) is 39.7 Å². The molecular formula is C16H15N5O3. The average molecular weight is 325 g/mol. The Morgan fingerprint density at radius 2 is 2.25 bits per heavy atom. The molecule has 1 fully saturated rings. The van der Waals surface area contributed by atoms with E-state index in [4.69, 9.17) is 4.42 Å².